The summed E-state index contributed by atoms with van der Waals surface area (Å²) in [6.07, 6.45) is 2.28. The lowest BCUT2D eigenvalue weighted by Crippen LogP contribution is -2.46. The number of anilines is 1. The van der Waals surface area contributed by atoms with Gasteiger partial charge in [0.15, 0.2) is 0 Å². The third-order valence-electron chi connectivity index (χ3n) is 5.09. The number of carbonyl (C=O) groups excluding carboxylic acids is 3. The Bertz CT molecular complexity index is 957. The van der Waals surface area contributed by atoms with Gasteiger partial charge in [0, 0.05) is 21.2 Å². The summed E-state index contributed by atoms with van der Waals surface area (Å²) in [6, 6.07) is 6.53. The van der Waals surface area contributed by atoms with E-state index in [9.17, 15) is 14.4 Å². The van der Waals surface area contributed by atoms with Gasteiger partial charge in [0.1, 0.15) is 12.1 Å². The first kappa shape index (κ1) is 18.0. The van der Waals surface area contributed by atoms with Crippen LogP contribution in [0.1, 0.15) is 28.8 Å². The van der Waals surface area contributed by atoms with E-state index < -0.39 is 17.5 Å². The van der Waals surface area contributed by atoms with Crippen molar-refractivity contribution in [3.63, 3.8) is 0 Å². The smallest absolute Gasteiger partial charge is 0.324 e. The van der Waals surface area contributed by atoms with Crippen molar-refractivity contribution in [3.8, 4) is 0 Å². The lowest BCUT2D eigenvalue weighted by atomic mass is 9.80. The minimum absolute atomic E-state index is 0.336. The molecule has 1 spiro atoms. The Kier molecular flexibility index (Phi) is 4.44. The van der Waals surface area contributed by atoms with Crippen LogP contribution in [0.4, 0.5) is 10.5 Å². The fraction of sp³-hybridized carbons (Fsp3) is 0.316. The highest BCUT2D eigenvalue weighted by Crippen LogP contribution is 2.42. The van der Waals surface area contributed by atoms with Gasteiger partial charge in [0.2, 0.25) is 5.91 Å². The zero-order chi connectivity index (χ0) is 19.2. The average Bonchev–Trinajstić information content (AvgIpc) is 3.19. The van der Waals surface area contributed by atoms with E-state index in [1.807, 2.05) is 18.4 Å². The molecule has 2 N–H and O–H groups in total. The van der Waals surface area contributed by atoms with Gasteiger partial charge >= 0.3 is 6.03 Å². The molecular formula is C19H18ClN3O3S. The second-order valence-electron chi connectivity index (χ2n) is 6.85. The molecule has 0 bridgehead atoms. The predicted octanol–water partition coefficient (Wildman–Crippen LogP) is 3.43. The fourth-order valence-corrected chi connectivity index (χ4v) is 4.88. The average molecular weight is 404 g/mol. The summed E-state index contributed by atoms with van der Waals surface area (Å²) in [4.78, 5) is 40.1. The lowest BCUT2D eigenvalue weighted by Gasteiger charge is -2.31. The van der Waals surface area contributed by atoms with Crippen LogP contribution in [-0.4, -0.2) is 29.3 Å². The number of aryl methyl sites for hydroxylation is 2. The molecule has 0 radical (unpaired) electrons. The number of fused-ring (bicyclic) bond motifs is 2. The number of benzene rings is 1. The molecule has 1 saturated heterocycles. The van der Waals surface area contributed by atoms with Gasteiger partial charge in [-0.1, -0.05) is 17.7 Å². The Balaban J connectivity index is 1.52. The molecule has 4 amide bonds. The van der Waals surface area contributed by atoms with E-state index in [1.165, 1.54) is 0 Å². The lowest BCUT2D eigenvalue weighted by molar-refractivity contribution is -0.134. The van der Waals surface area contributed by atoms with Crippen molar-refractivity contribution >= 4 is 46.5 Å². The maximum atomic E-state index is 13.1. The van der Waals surface area contributed by atoms with Gasteiger partial charge in [0.05, 0.1) is 0 Å². The van der Waals surface area contributed by atoms with E-state index in [1.54, 1.807) is 29.5 Å². The van der Waals surface area contributed by atoms with Gasteiger partial charge < -0.3 is 10.6 Å². The minimum atomic E-state index is -1.03. The Morgan fingerprint density at radius 3 is 2.96 bits per heavy atom. The standard InChI is InChI=1S/C19H18ClN3O3S/c1-11-4-5-12(9-14(11)20)21-16(24)10-23-17(25)19(22-18(23)26)7-2-3-15-13(19)6-8-27-15/h4-6,8-9H,2-3,7,10H2,1H3,(H,21,24)(H,22,26)/t19-/m1/s1. The molecule has 140 valence electrons. The van der Waals surface area contributed by atoms with Gasteiger partial charge in [-0.05, 0) is 55.3 Å². The number of imide groups is 1. The van der Waals surface area contributed by atoms with E-state index >= 15 is 0 Å². The van der Waals surface area contributed by atoms with Crippen molar-refractivity contribution in [2.45, 2.75) is 31.7 Å². The fourth-order valence-electron chi connectivity index (χ4n) is 3.70. The van der Waals surface area contributed by atoms with Gasteiger partial charge in [-0.25, -0.2) is 4.79 Å². The Hall–Kier alpha value is -2.38. The van der Waals surface area contributed by atoms with Crippen molar-refractivity contribution in [1.82, 2.24) is 10.2 Å². The molecule has 1 aliphatic heterocycles. The molecule has 1 aromatic heterocycles. The summed E-state index contributed by atoms with van der Waals surface area (Å²) in [5.41, 5.74) is 1.26. The van der Waals surface area contributed by atoms with Crippen LogP contribution in [0.2, 0.25) is 5.02 Å². The summed E-state index contributed by atoms with van der Waals surface area (Å²) < 4.78 is 0. The number of urea groups is 1. The summed E-state index contributed by atoms with van der Waals surface area (Å²) in [5, 5.41) is 8.00. The molecule has 2 aromatic rings. The first-order chi connectivity index (χ1) is 12.9. The van der Waals surface area contributed by atoms with Crippen LogP contribution >= 0.6 is 22.9 Å². The first-order valence-electron chi connectivity index (χ1n) is 8.68. The van der Waals surface area contributed by atoms with E-state index in [0.717, 1.165) is 33.7 Å². The van der Waals surface area contributed by atoms with Crippen LogP contribution in [0.5, 0.6) is 0 Å². The van der Waals surface area contributed by atoms with E-state index in [0.29, 0.717) is 17.1 Å². The molecule has 1 aliphatic carbocycles. The maximum Gasteiger partial charge on any atom is 0.325 e. The summed E-state index contributed by atoms with van der Waals surface area (Å²) >= 11 is 7.66. The molecule has 0 unspecified atom stereocenters. The van der Waals surface area contributed by atoms with Gasteiger partial charge in [0.25, 0.3) is 5.91 Å². The number of halogens is 1. The largest absolute Gasteiger partial charge is 0.325 e. The molecular weight excluding hydrogens is 386 g/mol. The van der Waals surface area contributed by atoms with E-state index in [2.05, 4.69) is 10.6 Å². The number of carbonyl (C=O) groups is 3. The molecule has 2 aliphatic rings. The summed E-state index contributed by atoms with van der Waals surface area (Å²) in [6.45, 7) is 1.53. The number of thiophene rings is 1. The maximum absolute atomic E-state index is 13.1. The second kappa shape index (κ2) is 6.65. The highest BCUT2D eigenvalue weighted by atomic mass is 35.5. The Labute approximate surface area is 165 Å². The van der Waals surface area contributed by atoms with Crippen LogP contribution in [0, 0.1) is 6.92 Å². The van der Waals surface area contributed by atoms with Crippen molar-refractivity contribution in [2.75, 3.05) is 11.9 Å². The number of nitrogens with zero attached hydrogens (tertiary/aromatic N) is 1. The highest BCUT2D eigenvalue weighted by Gasteiger charge is 2.54. The van der Waals surface area contributed by atoms with Crippen molar-refractivity contribution < 1.29 is 14.4 Å². The van der Waals surface area contributed by atoms with Crippen molar-refractivity contribution in [2.24, 2.45) is 0 Å². The number of nitrogens with one attached hydrogen (secondary N) is 2. The molecule has 1 aromatic carbocycles. The molecule has 6 nitrogen and oxygen atoms in total. The van der Waals surface area contributed by atoms with Crippen LogP contribution in [0.3, 0.4) is 0 Å². The third-order valence-corrected chi connectivity index (χ3v) is 6.48. The van der Waals surface area contributed by atoms with Crippen molar-refractivity contribution in [3.05, 3.63) is 50.7 Å². The predicted molar refractivity (Wildman–Crippen MR) is 104 cm³/mol. The first-order valence-corrected chi connectivity index (χ1v) is 9.93. The van der Waals surface area contributed by atoms with E-state index in [-0.39, 0.29) is 12.5 Å². The summed E-state index contributed by atoms with van der Waals surface area (Å²) in [7, 11) is 0. The Morgan fingerprint density at radius 2 is 2.19 bits per heavy atom. The number of hydrogen-bond acceptors (Lipinski definition) is 4. The van der Waals surface area contributed by atoms with Gasteiger partial charge in [-0.2, -0.15) is 0 Å². The molecule has 1 atom stereocenters. The zero-order valence-electron chi connectivity index (χ0n) is 14.7. The normalized spacial score (nSPS) is 21.3. The van der Waals surface area contributed by atoms with Gasteiger partial charge in [-0.3, -0.25) is 14.5 Å². The summed E-state index contributed by atoms with van der Waals surface area (Å²) in [5.74, 6) is -0.805. The topological polar surface area (TPSA) is 78.5 Å². The minimum Gasteiger partial charge on any atom is -0.324 e. The van der Waals surface area contributed by atoms with Crippen LogP contribution < -0.4 is 10.6 Å². The SMILES string of the molecule is Cc1ccc(NC(=O)CN2C(=O)N[C@@]3(CCCc4sccc43)C2=O)cc1Cl. The third kappa shape index (κ3) is 3.00. The molecule has 1 fully saturated rings. The zero-order valence-corrected chi connectivity index (χ0v) is 16.2. The van der Waals surface area contributed by atoms with Crippen LogP contribution in [0.25, 0.3) is 0 Å². The number of rotatable bonds is 3. The molecule has 8 heteroatoms. The number of amides is 4. The van der Waals surface area contributed by atoms with Gasteiger partial charge in [-0.15, -0.1) is 11.3 Å². The molecule has 27 heavy (non-hydrogen) atoms. The Morgan fingerprint density at radius 1 is 1.37 bits per heavy atom. The van der Waals surface area contributed by atoms with Crippen LogP contribution in [-0.2, 0) is 21.5 Å². The number of hydrogen-bond donors (Lipinski definition) is 2. The van der Waals surface area contributed by atoms with Crippen molar-refractivity contribution in [1.29, 1.82) is 0 Å². The second-order valence-corrected chi connectivity index (χ2v) is 8.26. The van der Waals surface area contributed by atoms with E-state index in [4.69, 9.17) is 11.6 Å². The highest BCUT2D eigenvalue weighted by molar-refractivity contribution is 7.10. The molecule has 4 rings (SSSR count). The monoisotopic (exact) mass is 403 g/mol. The molecule has 2 heterocycles. The molecule has 0 saturated carbocycles. The quantitative estimate of drug-likeness (QED) is 0.770. The van der Waals surface area contributed by atoms with Crippen LogP contribution in [0.15, 0.2) is 29.6 Å².